The average Bonchev–Trinajstić information content (AvgIpc) is 3.62. The van der Waals surface area contributed by atoms with Gasteiger partial charge in [0.25, 0.3) is 0 Å². The molecule has 3 heterocycles. The number of carbonyl (C=O) groups excluding carboxylic acids is 2. The van der Waals surface area contributed by atoms with E-state index in [2.05, 4.69) is 0 Å². The number of aliphatic hydroxyl groups is 1. The first-order valence-electron chi connectivity index (χ1n) is 9.98. The number of rotatable bonds is 4. The molecule has 9 nitrogen and oxygen atoms in total. The monoisotopic (exact) mass is 450 g/mol. The molecule has 1 N–H and O–H groups in total. The number of ether oxygens (including phenoxy) is 6. The van der Waals surface area contributed by atoms with E-state index < -0.39 is 11.9 Å². The predicted octanol–water partition coefficient (Wildman–Crippen LogP) is 3.29. The Kier molecular flexibility index (Phi) is 5.45. The van der Waals surface area contributed by atoms with Gasteiger partial charge in [0.1, 0.15) is 12.4 Å². The van der Waals surface area contributed by atoms with Crippen molar-refractivity contribution in [1.29, 1.82) is 0 Å². The third-order valence-electron chi connectivity index (χ3n) is 5.15. The van der Waals surface area contributed by atoms with Crippen LogP contribution < -0.4 is 28.4 Å². The van der Waals surface area contributed by atoms with Gasteiger partial charge in [-0.25, -0.2) is 0 Å². The Bertz CT molecular complexity index is 1220. The van der Waals surface area contributed by atoms with Gasteiger partial charge in [-0.2, -0.15) is 0 Å². The van der Waals surface area contributed by atoms with E-state index in [0.29, 0.717) is 51.2 Å². The van der Waals surface area contributed by atoms with Crippen LogP contribution in [0.15, 0.2) is 54.6 Å². The largest absolute Gasteiger partial charge is 0.454 e. The molecule has 1 unspecified atom stereocenters. The van der Waals surface area contributed by atoms with Crippen LogP contribution in [-0.4, -0.2) is 37.6 Å². The van der Waals surface area contributed by atoms with Gasteiger partial charge in [0, 0.05) is 11.1 Å². The van der Waals surface area contributed by atoms with Gasteiger partial charge in [0.05, 0.1) is 0 Å². The van der Waals surface area contributed by atoms with Gasteiger partial charge in [-0.1, -0.05) is 6.07 Å². The molecule has 6 rings (SSSR count). The summed E-state index contributed by atoms with van der Waals surface area (Å²) in [7, 11) is 0. The van der Waals surface area contributed by atoms with Gasteiger partial charge in [-0.3, -0.25) is 9.59 Å². The third kappa shape index (κ3) is 4.13. The van der Waals surface area contributed by atoms with Gasteiger partial charge < -0.3 is 33.5 Å². The Morgan fingerprint density at radius 1 is 0.697 bits per heavy atom. The standard InChI is InChI=1S/C16H12O6.C8H6O3/c17-15(9-1-3-11-13(5-9)21-7-19-11)16(18)10-2-4-12-14(6-10)22-8-20-12;9-4-6-1-2-7-8(3-6)11-5-10-7/h1-6,15,17H,7-8H2;1-4H,5H2. The summed E-state index contributed by atoms with van der Waals surface area (Å²) in [4.78, 5) is 22.7. The maximum absolute atomic E-state index is 12.4. The van der Waals surface area contributed by atoms with E-state index in [0.717, 1.165) is 6.29 Å². The lowest BCUT2D eigenvalue weighted by Gasteiger charge is -2.11. The van der Waals surface area contributed by atoms with Gasteiger partial charge in [0.15, 0.2) is 40.3 Å². The smallest absolute Gasteiger partial charge is 0.231 e. The predicted molar refractivity (Wildman–Crippen MR) is 112 cm³/mol. The molecule has 0 saturated heterocycles. The number of fused-ring (bicyclic) bond motifs is 3. The summed E-state index contributed by atoms with van der Waals surface area (Å²) in [6.45, 7) is 0.528. The molecule has 0 spiro atoms. The molecule has 3 aromatic carbocycles. The van der Waals surface area contributed by atoms with Crippen molar-refractivity contribution < 1.29 is 43.1 Å². The summed E-state index contributed by atoms with van der Waals surface area (Å²) in [5.41, 5.74) is 1.41. The minimum Gasteiger partial charge on any atom is -0.454 e. The molecule has 168 valence electrons. The summed E-state index contributed by atoms with van der Waals surface area (Å²) in [5, 5.41) is 10.3. The van der Waals surface area contributed by atoms with E-state index in [9.17, 15) is 14.7 Å². The molecule has 9 heteroatoms. The van der Waals surface area contributed by atoms with Gasteiger partial charge >= 0.3 is 0 Å². The molecule has 0 saturated carbocycles. The second-order valence-corrected chi connectivity index (χ2v) is 7.18. The molecule has 33 heavy (non-hydrogen) atoms. The lowest BCUT2D eigenvalue weighted by molar-refractivity contribution is 0.0746. The maximum atomic E-state index is 12.4. The van der Waals surface area contributed by atoms with E-state index in [1.54, 1.807) is 54.6 Å². The molecule has 0 amide bonds. The quantitative estimate of drug-likeness (QED) is 0.473. The second kappa shape index (κ2) is 8.71. The van der Waals surface area contributed by atoms with Crippen LogP contribution in [0.3, 0.4) is 0 Å². The van der Waals surface area contributed by atoms with Crippen molar-refractivity contribution in [3.05, 3.63) is 71.3 Å². The molecular formula is C24H18O9. The Balaban J connectivity index is 0.000000174. The second-order valence-electron chi connectivity index (χ2n) is 7.18. The first kappa shape index (κ1) is 20.7. The number of aliphatic hydroxyl groups excluding tert-OH is 1. The molecule has 0 bridgehead atoms. The van der Waals surface area contributed by atoms with Crippen LogP contribution in [-0.2, 0) is 0 Å². The summed E-state index contributed by atoms with van der Waals surface area (Å²) in [6.07, 6.45) is -0.503. The number of carbonyl (C=O) groups is 2. The molecule has 1 atom stereocenters. The van der Waals surface area contributed by atoms with E-state index in [1.807, 2.05) is 0 Å². The molecule has 0 aliphatic carbocycles. The van der Waals surface area contributed by atoms with Gasteiger partial charge in [-0.15, -0.1) is 0 Å². The maximum Gasteiger partial charge on any atom is 0.231 e. The lowest BCUT2D eigenvalue weighted by Crippen LogP contribution is -2.12. The van der Waals surface area contributed by atoms with Crippen LogP contribution in [0.5, 0.6) is 34.5 Å². The summed E-state index contributed by atoms with van der Waals surface area (Å²) in [6, 6.07) is 14.8. The minimum atomic E-state index is -1.28. The van der Waals surface area contributed by atoms with Crippen molar-refractivity contribution in [2.75, 3.05) is 20.4 Å². The Morgan fingerprint density at radius 3 is 1.85 bits per heavy atom. The fourth-order valence-corrected chi connectivity index (χ4v) is 3.43. The van der Waals surface area contributed by atoms with Crippen LogP contribution >= 0.6 is 0 Å². The van der Waals surface area contributed by atoms with Crippen LogP contribution in [0.2, 0.25) is 0 Å². The molecule has 3 aromatic rings. The summed E-state index contributed by atoms with van der Waals surface area (Å²) in [5.74, 6) is 3.15. The minimum absolute atomic E-state index is 0.137. The van der Waals surface area contributed by atoms with Crippen molar-refractivity contribution >= 4 is 12.1 Å². The Hall–Kier alpha value is -4.24. The Morgan fingerprint density at radius 2 is 1.21 bits per heavy atom. The topological polar surface area (TPSA) is 110 Å². The van der Waals surface area contributed by atoms with E-state index in [1.165, 1.54) is 0 Å². The number of hydrogen-bond acceptors (Lipinski definition) is 9. The zero-order chi connectivity index (χ0) is 22.8. The first-order chi connectivity index (χ1) is 16.1. The van der Waals surface area contributed by atoms with Crippen molar-refractivity contribution in [2.24, 2.45) is 0 Å². The van der Waals surface area contributed by atoms with Crippen molar-refractivity contribution in [3.63, 3.8) is 0 Å². The lowest BCUT2D eigenvalue weighted by atomic mass is 9.99. The van der Waals surface area contributed by atoms with E-state index >= 15 is 0 Å². The van der Waals surface area contributed by atoms with Crippen molar-refractivity contribution in [1.82, 2.24) is 0 Å². The highest BCUT2D eigenvalue weighted by Crippen LogP contribution is 2.36. The highest BCUT2D eigenvalue weighted by atomic mass is 16.7. The van der Waals surface area contributed by atoms with E-state index in [-0.39, 0.29) is 20.4 Å². The number of aldehydes is 1. The highest BCUT2D eigenvalue weighted by Gasteiger charge is 2.24. The average molecular weight is 450 g/mol. The number of Topliss-reactive ketones (excluding diaryl/α,β-unsaturated/α-hetero) is 1. The first-order valence-corrected chi connectivity index (χ1v) is 9.98. The summed E-state index contributed by atoms with van der Waals surface area (Å²) < 4.78 is 31.0. The Labute approximate surface area is 188 Å². The molecular weight excluding hydrogens is 432 g/mol. The molecule has 0 fully saturated rings. The van der Waals surface area contributed by atoms with Crippen molar-refractivity contribution in [2.45, 2.75) is 6.10 Å². The number of hydrogen-bond donors (Lipinski definition) is 1. The molecule has 0 radical (unpaired) electrons. The zero-order valence-corrected chi connectivity index (χ0v) is 17.2. The molecule has 3 aliphatic heterocycles. The van der Waals surface area contributed by atoms with Gasteiger partial charge in [-0.05, 0) is 54.1 Å². The SMILES string of the molecule is O=C(c1ccc2c(c1)OCO2)C(O)c1ccc2c(c1)OCO2.O=Cc1ccc2c(c1)OCO2. The normalized spacial score (nSPS) is 14.8. The summed E-state index contributed by atoms with van der Waals surface area (Å²) >= 11 is 0. The third-order valence-corrected chi connectivity index (χ3v) is 5.15. The molecule has 3 aliphatic rings. The number of benzene rings is 3. The van der Waals surface area contributed by atoms with Crippen LogP contribution in [0.1, 0.15) is 32.4 Å². The van der Waals surface area contributed by atoms with E-state index in [4.69, 9.17) is 28.4 Å². The van der Waals surface area contributed by atoms with Gasteiger partial charge in [0.2, 0.25) is 20.4 Å². The number of ketones is 1. The molecule has 0 aromatic heterocycles. The highest BCUT2D eigenvalue weighted by molar-refractivity contribution is 6.00. The fourth-order valence-electron chi connectivity index (χ4n) is 3.43. The zero-order valence-electron chi connectivity index (χ0n) is 17.2. The van der Waals surface area contributed by atoms with Crippen LogP contribution in [0.4, 0.5) is 0 Å². The van der Waals surface area contributed by atoms with Crippen molar-refractivity contribution in [3.8, 4) is 34.5 Å². The fraction of sp³-hybridized carbons (Fsp3) is 0.167. The van der Waals surface area contributed by atoms with Crippen LogP contribution in [0.25, 0.3) is 0 Å². The van der Waals surface area contributed by atoms with Crippen LogP contribution in [0, 0.1) is 0 Å².